The summed E-state index contributed by atoms with van der Waals surface area (Å²) in [5.41, 5.74) is 4.61. The normalized spacial score (nSPS) is 27.4. The van der Waals surface area contributed by atoms with E-state index < -0.39 is 0 Å². The van der Waals surface area contributed by atoms with Crippen molar-refractivity contribution in [3.8, 4) is 0 Å². The summed E-state index contributed by atoms with van der Waals surface area (Å²) >= 11 is 1.69. The predicted molar refractivity (Wildman–Crippen MR) is 95.5 cm³/mol. The van der Waals surface area contributed by atoms with Crippen molar-refractivity contribution in [3.05, 3.63) is 52.5 Å². The lowest BCUT2D eigenvalue weighted by Gasteiger charge is -2.22. The van der Waals surface area contributed by atoms with Crippen LogP contribution in [0.2, 0.25) is 0 Å². The Hall–Kier alpha value is -1.23. The quantitative estimate of drug-likeness (QED) is 0.883. The summed E-state index contributed by atoms with van der Waals surface area (Å²) < 4.78 is 0. The molecule has 1 aliphatic heterocycles. The second kappa shape index (κ2) is 7.12. The molecule has 0 bridgehead atoms. The van der Waals surface area contributed by atoms with Gasteiger partial charge < -0.3 is 5.32 Å². The number of benzene rings is 1. The van der Waals surface area contributed by atoms with Crippen LogP contribution in [0.3, 0.4) is 0 Å². The van der Waals surface area contributed by atoms with Crippen LogP contribution in [0.5, 0.6) is 0 Å². The van der Waals surface area contributed by atoms with Gasteiger partial charge in [0.15, 0.2) is 0 Å². The van der Waals surface area contributed by atoms with E-state index in [0.29, 0.717) is 6.04 Å². The number of thiazole rings is 1. The molecule has 0 amide bonds. The first-order valence-electron chi connectivity index (χ1n) is 8.75. The number of fused-ring (bicyclic) bond motifs is 1. The highest BCUT2D eigenvalue weighted by Crippen LogP contribution is 2.38. The van der Waals surface area contributed by atoms with Crippen molar-refractivity contribution in [2.45, 2.75) is 31.8 Å². The molecule has 3 atom stereocenters. The summed E-state index contributed by atoms with van der Waals surface area (Å²) in [5.74, 6) is 1.74. The highest BCUT2D eigenvalue weighted by molar-refractivity contribution is 7.07. The fourth-order valence-corrected chi connectivity index (χ4v) is 4.92. The van der Waals surface area contributed by atoms with Crippen molar-refractivity contribution >= 4 is 11.3 Å². The average Bonchev–Trinajstić information content (AvgIpc) is 3.27. The van der Waals surface area contributed by atoms with E-state index in [1.807, 2.05) is 5.51 Å². The van der Waals surface area contributed by atoms with Gasteiger partial charge in [-0.15, -0.1) is 11.3 Å². The molecule has 1 saturated carbocycles. The zero-order chi connectivity index (χ0) is 15.5. The highest BCUT2D eigenvalue weighted by atomic mass is 32.1. The Balaban J connectivity index is 1.27. The molecule has 1 N–H and O–H groups in total. The molecule has 23 heavy (non-hydrogen) atoms. The van der Waals surface area contributed by atoms with Crippen LogP contribution in [0.1, 0.15) is 24.1 Å². The lowest BCUT2D eigenvalue weighted by Crippen LogP contribution is -2.36. The van der Waals surface area contributed by atoms with Gasteiger partial charge in [-0.1, -0.05) is 30.3 Å². The maximum absolute atomic E-state index is 4.38. The van der Waals surface area contributed by atoms with Gasteiger partial charge >= 0.3 is 0 Å². The molecule has 1 saturated heterocycles. The Kier molecular flexibility index (Phi) is 4.74. The topological polar surface area (TPSA) is 28.2 Å². The zero-order valence-electron chi connectivity index (χ0n) is 13.5. The second-order valence-corrected chi connectivity index (χ2v) is 7.69. The molecule has 1 aromatic heterocycles. The van der Waals surface area contributed by atoms with Crippen molar-refractivity contribution in [1.82, 2.24) is 15.2 Å². The number of likely N-dealkylation sites (tertiary alicyclic amines) is 1. The Morgan fingerprint density at radius 1 is 1.17 bits per heavy atom. The monoisotopic (exact) mass is 327 g/mol. The van der Waals surface area contributed by atoms with Crippen LogP contribution in [0.25, 0.3) is 0 Å². The minimum atomic E-state index is 0.708. The number of hydrogen-bond acceptors (Lipinski definition) is 4. The van der Waals surface area contributed by atoms with E-state index in [2.05, 4.69) is 50.9 Å². The largest absolute Gasteiger partial charge is 0.313 e. The van der Waals surface area contributed by atoms with Crippen molar-refractivity contribution in [2.24, 2.45) is 11.8 Å². The molecule has 4 heteroatoms. The molecular weight excluding hydrogens is 302 g/mol. The molecule has 1 aromatic carbocycles. The number of nitrogens with zero attached hydrogens (tertiary/aromatic N) is 2. The molecule has 0 spiro atoms. The van der Waals surface area contributed by atoms with Crippen LogP contribution < -0.4 is 5.32 Å². The van der Waals surface area contributed by atoms with E-state index in [9.17, 15) is 0 Å². The molecule has 2 aromatic rings. The molecule has 2 aliphatic rings. The van der Waals surface area contributed by atoms with Gasteiger partial charge in [0, 0.05) is 44.0 Å². The Bertz CT molecular complexity index is 598. The predicted octanol–water partition coefficient (Wildman–Crippen LogP) is 3.19. The SMILES string of the molecule is c1ccc(CN2C[C@@H]3CC[C@H](NCCc4cscn4)[C@H]3C2)cc1. The van der Waals surface area contributed by atoms with E-state index >= 15 is 0 Å². The molecule has 1 aliphatic carbocycles. The Morgan fingerprint density at radius 2 is 2.09 bits per heavy atom. The van der Waals surface area contributed by atoms with Gasteiger partial charge in [0.2, 0.25) is 0 Å². The van der Waals surface area contributed by atoms with Gasteiger partial charge in [-0.05, 0) is 30.2 Å². The fourth-order valence-electron chi connectivity index (χ4n) is 4.33. The van der Waals surface area contributed by atoms with Crippen molar-refractivity contribution in [3.63, 3.8) is 0 Å². The zero-order valence-corrected chi connectivity index (χ0v) is 14.3. The lowest BCUT2D eigenvalue weighted by molar-refractivity contribution is 0.289. The maximum Gasteiger partial charge on any atom is 0.0794 e. The number of aromatic nitrogens is 1. The van der Waals surface area contributed by atoms with Crippen molar-refractivity contribution < 1.29 is 0 Å². The molecule has 0 unspecified atom stereocenters. The molecule has 4 rings (SSSR count). The third kappa shape index (κ3) is 3.65. The number of rotatable bonds is 6. The van der Waals surface area contributed by atoms with Gasteiger partial charge in [-0.25, -0.2) is 4.98 Å². The van der Waals surface area contributed by atoms with Crippen LogP contribution in [0.15, 0.2) is 41.2 Å². The molecular formula is C19H25N3S. The van der Waals surface area contributed by atoms with Gasteiger partial charge in [-0.2, -0.15) is 0 Å². The van der Waals surface area contributed by atoms with Crippen LogP contribution in [0, 0.1) is 11.8 Å². The van der Waals surface area contributed by atoms with Gasteiger partial charge in [0.1, 0.15) is 0 Å². The summed E-state index contributed by atoms with van der Waals surface area (Å²) in [5, 5.41) is 5.98. The fraction of sp³-hybridized carbons (Fsp3) is 0.526. The first-order chi connectivity index (χ1) is 11.4. The summed E-state index contributed by atoms with van der Waals surface area (Å²) in [6.45, 7) is 4.72. The smallest absolute Gasteiger partial charge is 0.0794 e. The summed E-state index contributed by atoms with van der Waals surface area (Å²) in [7, 11) is 0. The van der Waals surface area contributed by atoms with E-state index in [-0.39, 0.29) is 0 Å². The van der Waals surface area contributed by atoms with Crippen molar-refractivity contribution in [1.29, 1.82) is 0 Å². The molecule has 2 heterocycles. The summed E-state index contributed by atoms with van der Waals surface area (Å²) in [6, 6.07) is 11.6. The van der Waals surface area contributed by atoms with E-state index in [4.69, 9.17) is 0 Å². The number of hydrogen-bond donors (Lipinski definition) is 1. The summed E-state index contributed by atoms with van der Waals surface area (Å²) in [4.78, 5) is 7.03. The minimum Gasteiger partial charge on any atom is -0.313 e. The maximum atomic E-state index is 4.38. The Morgan fingerprint density at radius 3 is 2.91 bits per heavy atom. The van der Waals surface area contributed by atoms with E-state index in [0.717, 1.165) is 31.3 Å². The standard InChI is InChI=1S/C19H25N3S/c1-2-4-15(5-3-1)10-22-11-16-6-7-19(18(16)12-22)20-9-8-17-13-23-14-21-17/h1-5,13-14,16,18-20H,6-12H2/t16-,18-,19-/m0/s1. The molecule has 0 radical (unpaired) electrons. The van der Waals surface area contributed by atoms with E-state index in [1.165, 1.54) is 37.2 Å². The van der Waals surface area contributed by atoms with Gasteiger partial charge in [0.25, 0.3) is 0 Å². The second-order valence-electron chi connectivity index (χ2n) is 6.97. The Labute approximate surface area is 142 Å². The van der Waals surface area contributed by atoms with E-state index in [1.54, 1.807) is 11.3 Å². The van der Waals surface area contributed by atoms with Crippen LogP contribution in [-0.4, -0.2) is 35.6 Å². The highest BCUT2D eigenvalue weighted by Gasteiger charge is 2.41. The first kappa shape index (κ1) is 15.3. The van der Waals surface area contributed by atoms with Crippen LogP contribution >= 0.6 is 11.3 Å². The molecule has 122 valence electrons. The average molecular weight is 327 g/mol. The van der Waals surface area contributed by atoms with Crippen LogP contribution in [-0.2, 0) is 13.0 Å². The molecule has 2 fully saturated rings. The molecule has 3 nitrogen and oxygen atoms in total. The number of nitrogens with one attached hydrogen (secondary N) is 1. The first-order valence-corrected chi connectivity index (χ1v) is 9.69. The van der Waals surface area contributed by atoms with Gasteiger partial charge in [-0.3, -0.25) is 4.90 Å². The van der Waals surface area contributed by atoms with Crippen molar-refractivity contribution in [2.75, 3.05) is 19.6 Å². The van der Waals surface area contributed by atoms with Crippen LogP contribution in [0.4, 0.5) is 0 Å². The van der Waals surface area contributed by atoms with Gasteiger partial charge in [0.05, 0.1) is 11.2 Å². The third-order valence-electron chi connectivity index (χ3n) is 5.45. The summed E-state index contributed by atoms with van der Waals surface area (Å²) in [6.07, 6.45) is 3.81. The minimum absolute atomic E-state index is 0.708. The lowest BCUT2D eigenvalue weighted by atomic mass is 9.98. The third-order valence-corrected chi connectivity index (χ3v) is 6.09.